The highest BCUT2D eigenvalue weighted by molar-refractivity contribution is 6.33. The molecular formula is C17H17ClN2O3. The third-order valence-corrected chi connectivity index (χ3v) is 3.65. The molecule has 0 aliphatic heterocycles. The number of hydrogen-bond donors (Lipinski definition) is 2. The molecule has 0 fully saturated rings. The molecule has 0 aliphatic carbocycles. The van der Waals surface area contributed by atoms with Crippen LogP contribution in [0.3, 0.4) is 0 Å². The number of aryl methyl sites for hydroxylation is 1. The van der Waals surface area contributed by atoms with Crippen LogP contribution < -0.4 is 15.8 Å². The Hall–Kier alpha value is -2.53. The summed E-state index contributed by atoms with van der Waals surface area (Å²) in [4.78, 5) is 23.2. The van der Waals surface area contributed by atoms with Crippen LogP contribution in [0.25, 0.3) is 0 Å². The largest absolute Gasteiger partial charge is 0.497 e. The normalized spacial score (nSPS) is 10.2. The molecule has 0 aliphatic rings. The topological polar surface area (TPSA) is 81.4 Å². The van der Waals surface area contributed by atoms with Gasteiger partial charge in [0.2, 0.25) is 11.8 Å². The molecule has 2 rings (SSSR count). The Morgan fingerprint density at radius 2 is 1.87 bits per heavy atom. The van der Waals surface area contributed by atoms with E-state index < -0.39 is 5.91 Å². The SMILES string of the molecule is COc1ccc(CCC(=O)Nc2cc(C(N)=O)ccc2Cl)cc1. The van der Waals surface area contributed by atoms with Gasteiger partial charge in [-0.1, -0.05) is 23.7 Å². The lowest BCUT2D eigenvalue weighted by atomic mass is 10.1. The Kier molecular flexibility index (Phi) is 5.60. The summed E-state index contributed by atoms with van der Waals surface area (Å²) in [5.74, 6) is 0.00740. The van der Waals surface area contributed by atoms with Crippen molar-refractivity contribution in [3.63, 3.8) is 0 Å². The van der Waals surface area contributed by atoms with Crippen LogP contribution in [0.15, 0.2) is 42.5 Å². The zero-order chi connectivity index (χ0) is 16.8. The van der Waals surface area contributed by atoms with E-state index in [4.69, 9.17) is 22.1 Å². The van der Waals surface area contributed by atoms with E-state index in [-0.39, 0.29) is 5.91 Å². The van der Waals surface area contributed by atoms with Gasteiger partial charge < -0.3 is 15.8 Å². The molecule has 0 spiro atoms. The second kappa shape index (κ2) is 7.65. The quantitative estimate of drug-likeness (QED) is 0.853. The number of methoxy groups -OCH3 is 1. The van der Waals surface area contributed by atoms with E-state index in [9.17, 15) is 9.59 Å². The molecule has 2 amide bonds. The molecule has 2 aromatic rings. The van der Waals surface area contributed by atoms with Crippen molar-refractivity contribution in [2.45, 2.75) is 12.8 Å². The second-order valence-corrected chi connectivity index (χ2v) is 5.36. The zero-order valence-corrected chi connectivity index (χ0v) is 13.4. The molecule has 0 saturated carbocycles. The molecule has 0 unspecified atom stereocenters. The number of primary amides is 1. The minimum absolute atomic E-state index is 0.190. The summed E-state index contributed by atoms with van der Waals surface area (Å²) >= 11 is 6.01. The van der Waals surface area contributed by atoms with Crippen LogP contribution in [-0.4, -0.2) is 18.9 Å². The molecule has 0 saturated heterocycles. The summed E-state index contributed by atoms with van der Waals surface area (Å²) in [5.41, 5.74) is 6.91. The number of ether oxygens (including phenoxy) is 1. The highest BCUT2D eigenvalue weighted by atomic mass is 35.5. The lowest BCUT2D eigenvalue weighted by Gasteiger charge is -2.09. The minimum atomic E-state index is -0.574. The van der Waals surface area contributed by atoms with Crippen LogP contribution in [-0.2, 0) is 11.2 Å². The number of halogens is 1. The first kappa shape index (κ1) is 16.8. The molecule has 0 heterocycles. The summed E-state index contributed by atoms with van der Waals surface area (Å²) in [7, 11) is 1.60. The van der Waals surface area contributed by atoms with Crippen molar-refractivity contribution in [2.24, 2.45) is 5.73 Å². The molecule has 0 radical (unpaired) electrons. The number of nitrogens with one attached hydrogen (secondary N) is 1. The van der Waals surface area contributed by atoms with Crippen molar-refractivity contribution in [3.05, 3.63) is 58.6 Å². The summed E-state index contributed by atoms with van der Waals surface area (Å²) in [6.07, 6.45) is 0.881. The van der Waals surface area contributed by atoms with Crippen LogP contribution in [0.1, 0.15) is 22.3 Å². The first-order chi connectivity index (χ1) is 11.0. The van der Waals surface area contributed by atoms with Crippen LogP contribution in [0.2, 0.25) is 5.02 Å². The molecule has 2 aromatic carbocycles. The summed E-state index contributed by atoms with van der Waals surface area (Å²) in [5, 5.41) is 3.05. The van der Waals surface area contributed by atoms with Crippen LogP contribution >= 0.6 is 11.6 Å². The molecule has 0 aromatic heterocycles. The third-order valence-electron chi connectivity index (χ3n) is 3.32. The Balaban J connectivity index is 1.96. The van der Waals surface area contributed by atoms with E-state index in [1.165, 1.54) is 18.2 Å². The van der Waals surface area contributed by atoms with Crippen LogP contribution in [0, 0.1) is 0 Å². The van der Waals surface area contributed by atoms with Gasteiger partial charge in [0.25, 0.3) is 0 Å². The van der Waals surface area contributed by atoms with Crippen molar-refractivity contribution in [3.8, 4) is 5.75 Å². The lowest BCUT2D eigenvalue weighted by molar-refractivity contribution is -0.116. The predicted octanol–water partition coefficient (Wildman–Crippen LogP) is 3.02. The number of carbonyl (C=O) groups excluding carboxylic acids is 2. The minimum Gasteiger partial charge on any atom is -0.497 e. The van der Waals surface area contributed by atoms with Gasteiger partial charge in [-0.05, 0) is 42.3 Å². The van der Waals surface area contributed by atoms with Crippen molar-refractivity contribution < 1.29 is 14.3 Å². The predicted molar refractivity (Wildman–Crippen MR) is 89.9 cm³/mol. The number of hydrogen-bond acceptors (Lipinski definition) is 3. The third kappa shape index (κ3) is 4.72. The first-order valence-electron chi connectivity index (χ1n) is 7.01. The van der Waals surface area contributed by atoms with Gasteiger partial charge in [-0.3, -0.25) is 9.59 Å². The first-order valence-corrected chi connectivity index (χ1v) is 7.39. The molecule has 6 heteroatoms. The zero-order valence-electron chi connectivity index (χ0n) is 12.6. The second-order valence-electron chi connectivity index (χ2n) is 4.96. The number of nitrogens with two attached hydrogens (primary N) is 1. The molecule has 0 bridgehead atoms. The Labute approximate surface area is 139 Å². The van der Waals surface area contributed by atoms with E-state index in [1.807, 2.05) is 24.3 Å². The monoisotopic (exact) mass is 332 g/mol. The maximum atomic E-state index is 12.0. The van der Waals surface area contributed by atoms with Crippen molar-refractivity contribution in [1.82, 2.24) is 0 Å². The smallest absolute Gasteiger partial charge is 0.248 e. The van der Waals surface area contributed by atoms with Crippen molar-refractivity contribution >= 4 is 29.1 Å². The van der Waals surface area contributed by atoms with E-state index >= 15 is 0 Å². The molecule has 3 N–H and O–H groups in total. The van der Waals surface area contributed by atoms with E-state index in [0.29, 0.717) is 29.1 Å². The van der Waals surface area contributed by atoms with E-state index in [1.54, 1.807) is 7.11 Å². The number of rotatable bonds is 6. The van der Waals surface area contributed by atoms with Crippen LogP contribution in [0.4, 0.5) is 5.69 Å². The van der Waals surface area contributed by atoms with Gasteiger partial charge in [-0.25, -0.2) is 0 Å². The highest BCUT2D eigenvalue weighted by Crippen LogP contribution is 2.23. The Morgan fingerprint density at radius 3 is 2.48 bits per heavy atom. The molecule has 23 heavy (non-hydrogen) atoms. The van der Waals surface area contributed by atoms with Gasteiger partial charge in [-0.2, -0.15) is 0 Å². The Morgan fingerprint density at radius 1 is 1.17 bits per heavy atom. The fraction of sp³-hybridized carbons (Fsp3) is 0.176. The van der Waals surface area contributed by atoms with Crippen LogP contribution in [0.5, 0.6) is 5.75 Å². The fourth-order valence-electron chi connectivity index (χ4n) is 2.04. The van der Waals surface area contributed by atoms with Gasteiger partial charge in [-0.15, -0.1) is 0 Å². The van der Waals surface area contributed by atoms with E-state index in [2.05, 4.69) is 5.32 Å². The van der Waals surface area contributed by atoms with Gasteiger partial charge in [0.15, 0.2) is 0 Å². The summed E-state index contributed by atoms with van der Waals surface area (Å²) in [6.45, 7) is 0. The highest BCUT2D eigenvalue weighted by Gasteiger charge is 2.09. The van der Waals surface area contributed by atoms with Crippen molar-refractivity contribution in [1.29, 1.82) is 0 Å². The molecule has 120 valence electrons. The number of benzene rings is 2. The van der Waals surface area contributed by atoms with Gasteiger partial charge in [0.05, 0.1) is 17.8 Å². The van der Waals surface area contributed by atoms with Gasteiger partial charge in [0, 0.05) is 12.0 Å². The molecule has 0 atom stereocenters. The number of carbonyl (C=O) groups is 2. The maximum Gasteiger partial charge on any atom is 0.248 e. The average Bonchev–Trinajstić information content (AvgIpc) is 2.55. The Bertz CT molecular complexity index is 714. The van der Waals surface area contributed by atoms with Crippen molar-refractivity contribution in [2.75, 3.05) is 12.4 Å². The summed E-state index contributed by atoms with van der Waals surface area (Å²) in [6, 6.07) is 12.0. The fourth-order valence-corrected chi connectivity index (χ4v) is 2.20. The van der Waals surface area contributed by atoms with Gasteiger partial charge in [0.1, 0.15) is 5.75 Å². The maximum absolute atomic E-state index is 12.0. The summed E-state index contributed by atoms with van der Waals surface area (Å²) < 4.78 is 5.09. The lowest BCUT2D eigenvalue weighted by Crippen LogP contribution is -2.15. The molecule has 5 nitrogen and oxygen atoms in total. The standard InChI is InChI=1S/C17H17ClN2O3/c1-23-13-6-2-11(3-7-13)4-9-16(21)20-15-10-12(17(19)22)5-8-14(15)18/h2-3,5-8,10H,4,9H2,1H3,(H2,19,22)(H,20,21). The number of anilines is 1. The number of amides is 2. The van der Waals surface area contributed by atoms with E-state index in [0.717, 1.165) is 11.3 Å². The molecular weight excluding hydrogens is 316 g/mol. The average molecular weight is 333 g/mol. The van der Waals surface area contributed by atoms with Gasteiger partial charge >= 0.3 is 0 Å².